The minimum Gasteiger partial charge on any atom is -0.504 e. The van der Waals surface area contributed by atoms with Gasteiger partial charge in [0.1, 0.15) is 5.82 Å². The van der Waals surface area contributed by atoms with Gasteiger partial charge in [-0.2, -0.15) is 0 Å². The first-order valence-corrected chi connectivity index (χ1v) is 9.08. The predicted octanol–water partition coefficient (Wildman–Crippen LogP) is 2.73. The number of ether oxygens (including phenoxy) is 1. The average Bonchev–Trinajstić information content (AvgIpc) is 2.57. The maximum absolute atomic E-state index is 12.4. The second kappa shape index (κ2) is 7.11. The van der Waals surface area contributed by atoms with E-state index in [9.17, 15) is 9.90 Å². The fraction of sp³-hybridized carbons (Fsp3) is 0.500. The lowest BCUT2D eigenvalue weighted by Crippen LogP contribution is -2.36. The van der Waals surface area contributed by atoms with Crippen molar-refractivity contribution in [3.05, 3.63) is 51.2 Å². The second-order valence-electron chi connectivity index (χ2n) is 7.75. The number of para-hydroxylation sites is 1. The largest absolute Gasteiger partial charge is 0.504 e. The van der Waals surface area contributed by atoms with Gasteiger partial charge in [-0.15, -0.1) is 0 Å². The number of aromatic hydroxyl groups is 1. The molecule has 0 amide bonds. The van der Waals surface area contributed by atoms with E-state index >= 15 is 0 Å². The van der Waals surface area contributed by atoms with E-state index in [0.717, 1.165) is 23.4 Å². The number of phenols is 1. The van der Waals surface area contributed by atoms with Crippen molar-refractivity contribution in [2.45, 2.75) is 52.6 Å². The van der Waals surface area contributed by atoms with Crippen molar-refractivity contribution in [3.8, 4) is 11.5 Å². The molecular weight excluding hydrogens is 330 g/mol. The zero-order valence-corrected chi connectivity index (χ0v) is 15.9. The molecule has 2 heterocycles. The molecule has 0 aliphatic carbocycles. The molecule has 1 aromatic carbocycles. The van der Waals surface area contributed by atoms with E-state index in [1.54, 1.807) is 6.07 Å². The van der Waals surface area contributed by atoms with Crippen LogP contribution in [-0.2, 0) is 24.9 Å². The summed E-state index contributed by atoms with van der Waals surface area (Å²) < 4.78 is 5.47. The molecule has 1 aliphatic rings. The Bertz CT molecular complexity index is 852. The molecule has 26 heavy (non-hydrogen) atoms. The van der Waals surface area contributed by atoms with Crippen molar-refractivity contribution in [3.63, 3.8) is 0 Å². The van der Waals surface area contributed by atoms with E-state index in [1.165, 1.54) is 0 Å². The number of H-pyrrole nitrogens is 1. The zero-order chi connectivity index (χ0) is 18.9. The molecular formula is C20H27N3O3. The molecule has 0 radical (unpaired) electrons. The lowest BCUT2D eigenvalue weighted by Gasteiger charge is -2.29. The summed E-state index contributed by atoms with van der Waals surface area (Å²) in [5, 5.41) is 10.4. The van der Waals surface area contributed by atoms with E-state index in [1.807, 2.05) is 39.8 Å². The standard InChI is InChI=1S/C20H27N3O3/c1-5-26-16-8-6-7-13(17(16)24)11-23-10-9-14-15(12-23)21-19(20(2,3)4)22-18(14)25/h6-8,24H,5,9-12H2,1-4H3,(H,21,22,25). The van der Waals surface area contributed by atoms with Gasteiger partial charge in [-0.05, 0) is 19.4 Å². The van der Waals surface area contributed by atoms with Crippen LogP contribution in [0.4, 0.5) is 0 Å². The molecule has 0 atom stereocenters. The summed E-state index contributed by atoms with van der Waals surface area (Å²) in [5.74, 6) is 1.41. The van der Waals surface area contributed by atoms with Crippen molar-refractivity contribution in [1.29, 1.82) is 0 Å². The van der Waals surface area contributed by atoms with Gasteiger partial charge in [0.05, 0.1) is 12.3 Å². The molecule has 140 valence electrons. The van der Waals surface area contributed by atoms with Gasteiger partial charge in [0, 0.05) is 36.2 Å². The number of aromatic nitrogens is 2. The summed E-state index contributed by atoms with van der Waals surface area (Å²) in [6, 6.07) is 5.56. The van der Waals surface area contributed by atoms with Crippen LogP contribution in [0.1, 0.15) is 50.3 Å². The van der Waals surface area contributed by atoms with Crippen molar-refractivity contribution in [1.82, 2.24) is 14.9 Å². The third kappa shape index (κ3) is 3.75. The normalized spacial score (nSPS) is 14.9. The Morgan fingerprint density at radius 2 is 2.12 bits per heavy atom. The van der Waals surface area contributed by atoms with Crippen LogP contribution in [0.5, 0.6) is 11.5 Å². The number of nitrogens with one attached hydrogen (secondary N) is 1. The number of hydrogen-bond acceptors (Lipinski definition) is 5. The summed E-state index contributed by atoms with van der Waals surface area (Å²) in [4.78, 5) is 22.2. The summed E-state index contributed by atoms with van der Waals surface area (Å²) in [7, 11) is 0. The Morgan fingerprint density at radius 3 is 2.81 bits per heavy atom. The molecule has 1 aliphatic heterocycles. The second-order valence-corrected chi connectivity index (χ2v) is 7.75. The van der Waals surface area contributed by atoms with Gasteiger partial charge in [-0.25, -0.2) is 4.98 Å². The number of benzene rings is 1. The highest BCUT2D eigenvalue weighted by atomic mass is 16.5. The smallest absolute Gasteiger partial charge is 0.254 e. The number of aromatic amines is 1. The van der Waals surface area contributed by atoms with Crippen LogP contribution in [0, 0.1) is 0 Å². The Balaban J connectivity index is 1.84. The maximum Gasteiger partial charge on any atom is 0.254 e. The Morgan fingerprint density at radius 1 is 1.35 bits per heavy atom. The fourth-order valence-corrected chi connectivity index (χ4v) is 3.19. The number of phenolic OH excluding ortho intramolecular Hbond substituents is 1. The number of nitrogens with zero attached hydrogens (tertiary/aromatic N) is 2. The number of hydrogen-bond donors (Lipinski definition) is 2. The molecule has 6 heteroatoms. The van der Waals surface area contributed by atoms with E-state index < -0.39 is 0 Å². The highest BCUT2D eigenvalue weighted by molar-refractivity contribution is 5.45. The first-order valence-electron chi connectivity index (χ1n) is 9.08. The first-order chi connectivity index (χ1) is 12.3. The van der Waals surface area contributed by atoms with Gasteiger partial charge in [0.2, 0.25) is 0 Å². The molecule has 0 bridgehead atoms. The monoisotopic (exact) mass is 357 g/mol. The summed E-state index contributed by atoms with van der Waals surface area (Å²) in [5.41, 5.74) is 2.20. The Hall–Kier alpha value is -2.34. The molecule has 0 spiro atoms. The van der Waals surface area contributed by atoms with Crippen LogP contribution >= 0.6 is 0 Å². The number of fused-ring (bicyclic) bond motifs is 1. The lowest BCUT2D eigenvalue weighted by molar-refractivity contribution is 0.234. The highest BCUT2D eigenvalue weighted by Crippen LogP contribution is 2.31. The molecule has 3 rings (SSSR count). The van der Waals surface area contributed by atoms with Gasteiger partial charge < -0.3 is 14.8 Å². The molecule has 0 fully saturated rings. The summed E-state index contributed by atoms with van der Waals surface area (Å²) in [6.45, 7) is 10.5. The molecule has 2 N–H and O–H groups in total. The van der Waals surface area contributed by atoms with Crippen LogP contribution in [-0.4, -0.2) is 33.1 Å². The number of rotatable bonds is 4. The van der Waals surface area contributed by atoms with Crippen LogP contribution in [0.15, 0.2) is 23.0 Å². The zero-order valence-electron chi connectivity index (χ0n) is 15.9. The quantitative estimate of drug-likeness (QED) is 0.880. The maximum atomic E-state index is 12.4. The summed E-state index contributed by atoms with van der Waals surface area (Å²) in [6.07, 6.45) is 0.661. The molecule has 0 saturated heterocycles. The van der Waals surface area contributed by atoms with Crippen LogP contribution < -0.4 is 10.3 Å². The Labute approximate surface area is 153 Å². The molecule has 0 saturated carbocycles. The van der Waals surface area contributed by atoms with Crippen LogP contribution in [0.2, 0.25) is 0 Å². The SMILES string of the molecule is CCOc1cccc(CN2CCc3c(nc(C(C)(C)C)[nH]c3=O)C2)c1O. The van der Waals surface area contributed by atoms with Crippen LogP contribution in [0.25, 0.3) is 0 Å². The first kappa shape index (κ1) is 18.5. The minimum atomic E-state index is -0.208. The Kier molecular flexibility index (Phi) is 5.05. The van der Waals surface area contributed by atoms with Crippen molar-refractivity contribution in [2.75, 3.05) is 13.2 Å². The van der Waals surface area contributed by atoms with E-state index in [0.29, 0.717) is 37.7 Å². The molecule has 2 aromatic rings. The molecule has 1 aromatic heterocycles. The topological polar surface area (TPSA) is 78.5 Å². The van der Waals surface area contributed by atoms with Gasteiger partial charge in [0.15, 0.2) is 11.5 Å². The third-order valence-corrected chi connectivity index (χ3v) is 4.64. The fourth-order valence-electron chi connectivity index (χ4n) is 3.19. The van der Waals surface area contributed by atoms with E-state index in [4.69, 9.17) is 9.72 Å². The van der Waals surface area contributed by atoms with Gasteiger partial charge >= 0.3 is 0 Å². The highest BCUT2D eigenvalue weighted by Gasteiger charge is 2.25. The van der Waals surface area contributed by atoms with E-state index in [2.05, 4.69) is 9.88 Å². The third-order valence-electron chi connectivity index (χ3n) is 4.64. The predicted molar refractivity (Wildman–Crippen MR) is 101 cm³/mol. The van der Waals surface area contributed by atoms with Crippen molar-refractivity contribution >= 4 is 0 Å². The van der Waals surface area contributed by atoms with E-state index in [-0.39, 0.29) is 16.7 Å². The molecule has 0 unspecified atom stereocenters. The lowest BCUT2D eigenvalue weighted by atomic mass is 9.95. The minimum absolute atomic E-state index is 0.0271. The van der Waals surface area contributed by atoms with Gasteiger partial charge in [-0.1, -0.05) is 32.9 Å². The van der Waals surface area contributed by atoms with Crippen molar-refractivity contribution < 1.29 is 9.84 Å². The average molecular weight is 357 g/mol. The van der Waals surface area contributed by atoms with Crippen molar-refractivity contribution in [2.24, 2.45) is 0 Å². The molecule has 6 nitrogen and oxygen atoms in total. The summed E-state index contributed by atoms with van der Waals surface area (Å²) >= 11 is 0. The van der Waals surface area contributed by atoms with Gasteiger partial charge in [-0.3, -0.25) is 9.69 Å². The van der Waals surface area contributed by atoms with Gasteiger partial charge in [0.25, 0.3) is 5.56 Å². The van der Waals surface area contributed by atoms with Crippen LogP contribution in [0.3, 0.4) is 0 Å².